The maximum atomic E-state index is 11.8. The van der Waals surface area contributed by atoms with Gasteiger partial charge in [-0.25, -0.2) is 4.79 Å². The van der Waals surface area contributed by atoms with E-state index in [1.54, 1.807) is 6.07 Å². The Morgan fingerprint density at radius 1 is 1.38 bits per heavy atom. The van der Waals surface area contributed by atoms with Gasteiger partial charge < -0.3 is 10.4 Å². The van der Waals surface area contributed by atoms with Gasteiger partial charge in [0.05, 0.1) is 4.88 Å². The average Bonchev–Trinajstić information content (AvgIpc) is 2.64. The van der Waals surface area contributed by atoms with Crippen LogP contribution in [0.3, 0.4) is 0 Å². The number of aromatic carboxylic acids is 1. The summed E-state index contributed by atoms with van der Waals surface area (Å²) in [6, 6.07) is 3.02. The van der Waals surface area contributed by atoms with Crippen LogP contribution >= 0.6 is 11.3 Å². The van der Waals surface area contributed by atoms with Gasteiger partial charge in [0.15, 0.2) is 0 Å². The standard InChI is InChI=1S/C11H13NO3S/c1-11(5-2-6-11)12-9(13)7-3-4-8(16-7)10(14)15/h3-4H,2,5-6H2,1H3,(H,12,13)(H,14,15). The highest BCUT2D eigenvalue weighted by molar-refractivity contribution is 7.15. The number of hydrogen-bond donors (Lipinski definition) is 2. The van der Waals surface area contributed by atoms with Gasteiger partial charge in [-0.2, -0.15) is 0 Å². The molecule has 2 N–H and O–H groups in total. The van der Waals surface area contributed by atoms with Gasteiger partial charge in [-0.3, -0.25) is 4.79 Å². The van der Waals surface area contributed by atoms with Crippen molar-refractivity contribution in [3.05, 3.63) is 21.9 Å². The van der Waals surface area contributed by atoms with E-state index in [1.165, 1.54) is 6.07 Å². The third-order valence-corrected chi connectivity index (χ3v) is 3.98. The Morgan fingerprint density at radius 2 is 2.00 bits per heavy atom. The molecule has 0 saturated heterocycles. The van der Waals surface area contributed by atoms with Crippen LogP contribution in [0.4, 0.5) is 0 Å². The Hall–Kier alpha value is -1.36. The first kappa shape index (κ1) is 11.1. The van der Waals surface area contributed by atoms with Crippen LogP contribution in [0.15, 0.2) is 12.1 Å². The first-order valence-electron chi connectivity index (χ1n) is 5.16. The highest BCUT2D eigenvalue weighted by Crippen LogP contribution is 2.31. The quantitative estimate of drug-likeness (QED) is 0.849. The lowest BCUT2D eigenvalue weighted by atomic mass is 9.78. The summed E-state index contributed by atoms with van der Waals surface area (Å²) in [5.41, 5.74) is -0.0928. The zero-order valence-electron chi connectivity index (χ0n) is 8.95. The molecule has 5 heteroatoms. The lowest BCUT2D eigenvalue weighted by Crippen LogP contribution is -2.50. The van der Waals surface area contributed by atoms with E-state index in [4.69, 9.17) is 5.11 Å². The molecule has 1 aliphatic rings. The second-order valence-electron chi connectivity index (χ2n) is 4.34. The molecule has 1 amide bonds. The van der Waals surface area contributed by atoms with Crippen molar-refractivity contribution < 1.29 is 14.7 Å². The van der Waals surface area contributed by atoms with Gasteiger partial charge in [-0.1, -0.05) is 0 Å². The zero-order chi connectivity index (χ0) is 11.8. The van der Waals surface area contributed by atoms with Crippen LogP contribution in [0.5, 0.6) is 0 Å². The van der Waals surface area contributed by atoms with Crippen molar-refractivity contribution in [1.29, 1.82) is 0 Å². The number of rotatable bonds is 3. The minimum absolute atomic E-state index is 0.0928. The molecule has 86 valence electrons. The summed E-state index contributed by atoms with van der Waals surface area (Å²) >= 11 is 1.01. The van der Waals surface area contributed by atoms with Crippen molar-refractivity contribution in [3.63, 3.8) is 0 Å². The van der Waals surface area contributed by atoms with Crippen molar-refractivity contribution in [2.75, 3.05) is 0 Å². The predicted octanol–water partition coefficient (Wildman–Crippen LogP) is 2.12. The number of hydrogen-bond acceptors (Lipinski definition) is 3. The maximum absolute atomic E-state index is 11.8. The van der Waals surface area contributed by atoms with Crippen molar-refractivity contribution in [2.45, 2.75) is 31.7 Å². The van der Waals surface area contributed by atoms with Gasteiger partial charge in [-0.15, -0.1) is 11.3 Å². The number of carboxylic acids is 1. The molecule has 0 radical (unpaired) electrons. The SMILES string of the molecule is CC1(NC(=O)c2ccc(C(=O)O)s2)CCC1. The molecule has 0 unspecified atom stereocenters. The average molecular weight is 239 g/mol. The van der Waals surface area contributed by atoms with Gasteiger partial charge in [0.25, 0.3) is 5.91 Å². The largest absolute Gasteiger partial charge is 0.477 e. The monoisotopic (exact) mass is 239 g/mol. The van der Waals surface area contributed by atoms with E-state index in [0.29, 0.717) is 4.88 Å². The maximum Gasteiger partial charge on any atom is 0.345 e. The molecule has 2 rings (SSSR count). The second kappa shape index (κ2) is 3.90. The van der Waals surface area contributed by atoms with E-state index in [0.717, 1.165) is 30.6 Å². The molecule has 0 spiro atoms. The Morgan fingerprint density at radius 3 is 2.44 bits per heavy atom. The first-order chi connectivity index (χ1) is 7.50. The molecule has 0 aromatic carbocycles. The highest BCUT2D eigenvalue weighted by atomic mass is 32.1. The Balaban J connectivity index is 2.06. The van der Waals surface area contributed by atoms with Crippen molar-refractivity contribution in [2.24, 2.45) is 0 Å². The van der Waals surface area contributed by atoms with Crippen molar-refractivity contribution in [3.8, 4) is 0 Å². The predicted molar refractivity (Wildman–Crippen MR) is 61.0 cm³/mol. The molecule has 1 fully saturated rings. The normalized spacial score (nSPS) is 17.6. The van der Waals surface area contributed by atoms with Crippen LogP contribution in [0.25, 0.3) is 0 Å². The van der Waals surface area contributed by atoms with Gasteiger partial charge in [0.1, 0.15) is 4.88 Å². The molecule has 1 heterocycles. The number of carboxylic acid groups (broad SMARTS) is 1. The fourth-order valence-corrected chi connectivity index (χ4v) is 2.48. The van der Waals surface area contributed by atoms with E-state index >= 15 is 0 Å². The summed E-state index contributed by atoms with van der Waals surface area (Å²) in [5, 5.41) is 11.7. The Kier molecular flexibility index (Phi) is 2.71. The van der Waals surface area contributed by atoms with Crippen molar-refractivity contribution in [1.82, 2.24) is 5.32 Å². The van der Waals surface area contributed by atoms with E-state index < -0.39 is 5.97 Å². The summed E-state index contributed by atoms with van der Waals surface area (Å²) in [7, 11) is 0. The molecular formula is C11H13NO3S. The highest BCUT2D eigenvalue weighted by Gasteiger charge is 2.33. The molecule has 0 atom stereocenters. The zero-order valence-corrected chi connectivity index (χ0v) is 9.76. The summed E-state index contributed by atoms with van der Waals surface area (Å²) in [6.45, 7) is 2.01. The van der Waals surface area contributed by atoms with E-state index in [-0.39, 0.29) is 16.3 Å². The molecule has 1 saturated carbocycles. The fourth-order valence-electron chi connectivity index (χ4n) is 1.74. The fraction of sp³-hybridized carbons (Fsp3) is 0.455. The van der Waals surface area contributed by atoms with E-state index in [1.807, 2.05) is 6.92 Å². The Labute approximate surface area is 97.3 Å². The number of carbonyl (C=O) groups is 2. The first-order valence-corrected chi connectivity index (χ1v) is 5.97. The van der Waals surface area contributed by atoms with Gasteiger partial charge in [-0.05, 0) is 38.3 Å². The van der Waals surface area contributed by atoms with Crippen LogP contribution in [-0.4, -0.2) is 22.5 Å². The molecule has 1 aromatic heterocycles. The summed E-state index contributed by atoms with van der Waals surface area (Å²) in [4.78, 5) is 23.1. The molecule has 0 bridgehead atoms. The number of thiophene rings is 1. The van der Waals surface area contributed by atoms with Crippen LogP contribution < -0.4 is 5.32 Å². The van der Waals surface area contributed by atoms with E-state index in [9.17, 15) is 9.59 Å². The molecule has 4 nitrogen and oxygen atoms in total. The number of nitrogens with one attached hydrogen (secondary N) is 1. The minimum Gasteiger partial charge on any atom is -0.477 e. The summed E-state index contributed by atoms with van der Waals surface area (Å²) in [6.07, 6.45) is 3.13. The molecule has 0 aliphatic heterocycles. The van der Waals surface area contributed by atoms with Crippen LogP contribution in [0, 0.1) is 0 Å². The lowest BCUT2D eigenvalue weighted by molar-refractivity contribution is 0.0701. The topological polar surface area (TPSA) is 66.4 Å². The molecule has 1 aromatic rings. The minimum atomic E-state index is -0.987. The van der Waals surface area contributed by atoms with Gasteiger partial charge in [0.2, 0.25) is 0 Å². The number of amides is 1. The van der Waals surface area contributed by atoms with Crippen molar-refractivity contribution >= 4 is 23.2 Å². The second-order valence-corrected chi connectivity index (χ2v) is 5.42. The van der Waals surface area contributed by atoms with Crippen LogP contribution in [0.1, 0.15) is 45.5 Å². The smallest absolute Gasteiger partial charge is 0.345 e. The van der Waals surface area contributed by atoms with Gasteiger partial charge >= 0.3 is 5.97 Å². The lowest BCUT2D eigenvalue weighted by Gasteiger charge is -2.38. The Bertz CT molecular complexity index is 434. The van der Waals surface area contributed by atoms with Crippen LogP contribution in [-0.2, 0) is 0 Å². The molecule has 1 aliphatic carbocycles. The van der Waals surface area contributed by atoms with E-state index in [2.05, 4.69) is 5.32 Å². The number of carbonyl (C=O) groups excluding carboxylic acids is 1. The molecule has 16 heavy (non-hydrogen) atoms. The summed E-state index contributed by atoms with van der Waals surface area (Å²) in [5.74, 6) is -1.15. The third kappa shape index (κ3) is 2.09. The van der Waals surface area contributed by atoms with Gasteiger partial charge in [0, 0.05) is 5.54 Å². The molecular weight excluding hydrogens is 226 g/mol. The summed E-state index contributed by atoms with van der Waals surface area (Å²) < 4.78 is 0. The third-order valence-electron chi connectivity index (χ3n) is 2.91. The van der Waals surface area contributed by atoms with Crippen LogP contribution in [0.2, 0.25) is 0 Å².